The monoisotopic (exact) mass is 408 g/mol. The first kappa shape index (κ1) is 21.1. The number of likely N-dealkylation sites (tertiary alicyclic amines) is 1. The summed E-state index contributed by atoms with van der Waals surface area (Å²) in [4.78, 5) is 6.87. The molecule has 1 aromatic rings. The highest BCUT2D eigenvalue weighted by molar-refractivity contribution is 7.89. The first-order chi connectivity index (χ1) is 13.6. The lowest BCUT2D eigenvalue weighted by Crippen LogP contribution is -2.43. The van der Waals surface area contributed by atoms with Crippen LogP contribution < -0.4 is 5.32 Å². The van der Waals surface area contributed by atoms with Crippen LogP contribution in [0.25, 0.3) is 0 Å². The van der Waals surface area contributed by atoms with Crippen molar-refractivity contribution in [1.29, 1.82) is 0 Å². The molecule has 1 aromatic carbocycles. The Hall–Kier alpha value is -1.64. The van der Waals surface area contributed by atoms with E-state index in [1.54, 1.807) is 0 Å². The smallest absolute Gasteiger partial charge is 0.216 e. The molecule has 0 saturated carbocycles. The molecule has 1 N–H and O–H groups in total. The van der Waals surface area contributed by atoms with Crippen molar-refractivity contribution in [2.24, 2.45) is 10.9 Å². The molecule has 2 aliphatic heterocycles. The highest BCUT2D eigenvalue weighted by Crippen LogP contribution is 2.21. The van der Waals surface area contributed by atoms with Crippen molar-refractivity contribution >= 4 is 16.0 Å². The fourth-order valence-electron chi connectivity index (χ4n) is 3.79. The summed E-state index contributed by atoms with van der Waals surface area (Å²) < 4.78 is 31.7. The molecule has 1 unspecified atom stereocenters. The van der Waals surface area contributed by atoms with Crippen molar-refractivity contribution in [3.63, 3.8) is 0 Å². The SMILES string of the molecule is CCNC(=NCCS(=O)(=O)N1CCOCC1)N1CCC(Cc2ccccc2)C1. The molecule has 8 heteroatoms. The standard InChI is InChI=1S/C20H32N4O3S/c1-2-21-20(22-9-15-28(25,26)24-11-13-27-14-12-24)23-10-8-19(17-23)16-18-6-4-3-5-7-18/h3-7,19H,2,8-17H2,1H3,(H,21,22). The zero-order valence-corrected chi connectivity index (χ0v) is 17.5. The number of morpholine rings is 1. The molecular formula is C20H32N4O3S. The highest BCUT2D eigenvalue weighted by Gasteiger charge is 2.26. The van der Waals surface area contributed by atoms with E-state index in [1.165, 1.54) is 9.87 Å². The summed E-state index contributed by atoms with van der Waals surface area (Å²) in [5.41, 5.74) is 1.37. The maximum absolute atomic E-state index is 12.5. The van der Waals surface area contributed by atoms with Crippen molar-refractivity contribution < 1.29 is 13.2 Å². The van der Waals surface area contributed by atoms with Crippen LogP contribution in [0.3, 0.4) is 0 Å². The number of benzene rings is 1. The van der Waals surface area contributed by atoms with E-state index in [1.807, 2.05) is 13.0 Å². The van der Waals surface area contributed by atoms with Crippen LogP contribution in [0.5, 0.6) is 0 Å². The van der Waals surface area contributed by atoms with Crippen molar-refractivity contribution in [2.45, 2.75) is 19.8 Å². The van der Waals surface area contributed by atoms with Crippen molar-refractivity contribution in [3.8, 4) is 0 Å². The second kappa shape index (κ2) is 10.2. The Labute approximate surface area is 168 Å². The van der Waals surface area contributed by atoms with Crippen LogP contribution in [0.4, 0.5) is 0 Å². The number of hydrogen-bond acceptors (Lipinski definition) is 4. The third kappa shape index (κ3) is 5.93. The van der Waals surface area contributed by atoms with Crippen LogP contribution in [0.2, 0.25) is 0 Å². The number of guanidine groups is 1. The minimum Gasteiger partial charge on any atom is -0.379 e. The molecule has 0 spiro atoms. The van der Waals surface area contributed by atoms with Crippen molar-refractivity contribution in [3.05, 3.63) is 35.9 Å². The molecule has 2 heterocycles. The average Bonchev–Trinajstić information content (AvgIpc) is 3.17. The molecule has 0 amide bonds. The molecule has 0 bridgehead atoms. The summed E-state index contributed by atoms with van der Waals surface area (Å²) >= 11 is 0. The first-order valence-electron chi connectivity index (χ1n) is 10.2. The maximum atomic E-state index is 12.5. The van der Waals surface area contributed by atoms with Gasteiger partial charge in [0.25, 0.3) is 0 Å². The number of nitrogens with one attached hydrogen (secondary N) is 1. The maximum Gasteiger partial charge on any atom is 0.216 e. The van der Waals surface area contributed by atoms with Gasteiger partial charge in [0.2, 0.25) is 10.0 Å². The van der Waals surface area contributed by atoms with Crippen molar-refractivity contribution in [2.75, 3.05) is 58.2 Å². The molecular weight excluding hydrogens is 376 g/mol. The third-order valence-corrected chi connectivity index (χ3v) is 7.11. The van der Waals surface area contributed by atoms with E-state index in [4.69, 9.17) is 4.74 Å². The minimum absolute atomic E-state index is 0.0448. The predicted molar refractivity (Wildman–Crippen MR) is 112 cm³/mol. The Morgan fingerprint density at radius 2 is 1.96 bits per heavy atom. The van der Waals surface area contributed by atoms with Gasteiger partial charge in [-0.1, -0.05) is 30.3 Å². The summed E-state index contributed by atoms with van der Waals surface area (Å²) in [6.07, 6.45) is 2.20. The largest absolute Gasteiger partial charge is 0.379 e. The molecule has 2 aliphatic rings. The van der Waals surface area contributed by atoms with Crippen LogP contribution >= 0.6 is 0 Å². The molecule has 2 fully saturated rings. The second-order valence-corrected chi connectivity index (χ2v) is 9.44. The van der Waals surface area contributed by atoms with Crippen molar-refractivity contribution in [1.82, 2.24) is 14.5 Å². The fraction of sp³-hybridized carbons (Fsp3) is 0.650. The van der Waals surface area contributed by atoms with Gasteiger partial charge in [0.05, 0.1) is 25.5 Å². The third-order valence-electron chi connectivity index (χ3n) is 5.26. The van der Waals surface area contributed by atoms with Crippen LogP contribution in [-0.2, 0) is 21.2 Å². The zero-order valence-electron chi connectivity index (χ0n) is 16.7. The lowest BCUT2D eigenvalue weighted by atomic mass is 9.99. The number of nitrogens with zero attached hydrogens (tertiary/aromatic N) is 3. The second-order valence-electron chi connectivity index (χ2n) is 7.35. The van der Waals surface area contributed by atoms with E-state index < -0.39 is 10.0 Å². The average molecular weight is 409 g/mol. The van der Waals surface area contributed by atoms with Crippen LogP contribution in [0.1, 0.15) is 18.9 Å². The van der Waals surface area contributed by atoms with E-state index in [9.17, 15) is 8.42 Å². The van der Waals surface area contributed by atoms with E-state index in [2.05, 4.69) is 39.5 Å². The van der Waals surface area contributed by atoms with Gasteiger partial charge in [-0.25, -0.2) is 8.42 Å². The fourth-order valence-corrected chi connectivity index (χ4v) is 5.07. The van der Waals surface area contributed by atoms with Gasteiger partial charge in [-0.2, -0.15) is 4.31 Å². The molecule has 3 rings (SSSR count). The minimum atomic E-state index is -3.27. The molecule has 0 radical (unpaired) electrons. The van der Waals surface area contributed by atoms with Gasteiger partial charge in [0, 0.05) is 32.7 Å². The first-order valence-corrected chi connectivity index (χ1v) is 11.8. The van der Waals surface area contributed by atoms with E-state index in [0.717, 1.165) is 38.4 Å². The van der Waals surface area contributed by atoms with Crippen LogP contribution in [-0.4, -0.2) is 81.8 Å². The van der Waals surface area contributed by atoms with E-state index >= 15 is 0 Å². The summed E-state index contributed by atoms with van der Waals surface area (Å²) in [6.45, 7) is 6.84. The zero-order chi connectivity index (χ0) is 19.8. The lowest BCUT2D eigenvalue weighted by molar-refractivity contribution is 0.0731. The molecule has 0 aliphatic carbocycles. The van der Waals surface area contributed by atoms with Gasteiger partial charge in [0.15, 0.2) is 5.96 Å². The Bertz CT molecular complexity index is 733. The predicted octanol–water partition coefficient (Wildman–Crippen LogP) is 1.18. The number of sulfonamides is 1. The summed E-state index contributed by atoms with van der Waals surface area (Å²) in [5.74, 6) is 1.47. The summed E-state index contributed by atoms with van der Waals surface area (Å²) in [7, 11) is -3.27. The van der Waals surface area contributed by atoms with Gasteiger partial charge in [-0.15, -0.1) is 0 Å². The van der Waals surface area contributed by atoms with Gasteiger partial charge < -0.3 is 15.0 Å². The molecule has 7 nitrogen and oxygen atoms in total. The molecule has 0 aromatic heterocycles. The Morgan fingerprint density at radius 3 is 2.68 bits per heavy atom. The van der Waals surface area contributed by atoms with Gasteiger partial charge >= 0.3 is 0 Å². The quantitative estimate of drug-likeness (QED) is 0.542. The topological polar surface area (TPSA) is 74.2 Å². The van der Waals surface area contributed by atoms with Crippen LogP contribution in [0.15, 0.2) is 35.3 Å². The lowest BCUT2D eigenvalue weighted by Gasteiger charge is -2.26. The number of ether oxygens (including phenoxy) is 1. The Kier molecular flexibility index (Phi) is 7.70. The van der Waals surface area contributed by atoms with Crippen LogP contribution in [0, 0.1) is 5.92 Å². The molecule has 28 heavy (non-hydrogen) atoms. The number of aliphatic imine (C=N–C) groups is 1. The Balaban J connectivity index is 1.54. The summed E-state index contributed by atoms with van der Waals surface area (Å²) in [6, 6.07) is 10.6. The summed E-state index contributed by atoms with van der Waals surface area (Å²) in [5, 5.41) is 3.32. The van der Waals surface area contributed by atoms with Gasteiger partial charge in [-0.05, 0) is 31.2 Å². The molecule has 1 atom stereocenters. The number of hydrogen-bond donors (Lipinski definition) is 1. The van der Waals surface area contributed by atoms with E-state index in [0.29, 0.717) is 32.2 Å². The van der Waals surface area contributed by atoms with E-state index in [-0.39, 0.29) is 12.3 Å². The molecule has 156 valence electrons. The number of rotatable bonds is 7. The van der Waals surface area contributed by atoms with Gasteiger partial charge in [0.1, 0.15) is 0 Å². The molecule has 2 saturated heterocycles. The Morgan fingerprint density at radius 1 is 1.21 bits per heavy atom. The normalized spacial score (nSPS) is 21.8. The van der Waals surface area contributed by atoms with Gasteiger partial charge in [-0.3, -0.25) is 4.99 Å². The highest BCUT2D eigenvalue weighted by atomic mass is 32.2.